The number of nitro benzene ring substituents is 1. The molecule has 0 radical (unpaired) electrons. The van der Waals surface area contributed by atoms with E-state index in [1.807, 2.05) is 43.6 Å². The van der Waals surface area contributed by atoms with Crippen molar-refractivity contribution in [1.29, 1.82) is 0 Å². The molecule has 3 aromatic rings. The van der Waals surface area contributed by atoms with E-state index in [4.69, 9.17) is 0 Å². The molecular weight excluding hydrogens is 312 g/mol. The van der Waals surface area contributed by atoms with Crippen molar-refractivity contribution >= 4 is 28.0 Å². The van der Waals surface area contributed by atoms with Crippen molar-refractivity contribution in [3.63, 3.8) is 0 Å². The van der Waals surface area contributed by atoms with Gasteiger partial charge >= 0.3 is 0 Å². The molecule has 2 N–H and O–H groups in total. The molecule has 3 rings (SSSR count). The van der Waals surface area contributed by atoms with Gasteiger partial charge in [0.1, 0.15) is 0 Å². The van der Waals surface area contributed by atoms with Crippen LogP contribution in [0.3, 0.4) is 0 Å². The number of nitro groups is 1. The van der Waals surface area contributed by atoms with Crippen LogP contribution in [0.4, 0.5) is 16.6 Å². The number of thiazole rings is 1. The van der Waals surface area contributed by atoms with E-state index in [1.165, 1.54) is 6.07 Å². The van der Waals surface area contributed by atoms with Crippen molar-refractivity contribution in [2.24, 2.45) is 0 Å². The summed E-state index contributed by atoms with van der Waals surface area (Å²) < 4.78 is 0. The van der Waals surface area contributed by atoms with Gasteiger partial charge in [-0.15, -0.1) is 0 Å². The summed E-state index contributed by atoms with van der Waals surface area (Å²) in [7, 11) is 0. The van der Waals surface area contributed by atoms with Gasteiger partial charge in [-0.3, -0.25) is 10.1 Å². The molecule has 116 valence electrons. The third kappa shape index (κ3) is 3.58. The number of aryl methyl sites for hydroxylation is 2. The Balaban J connectivity index is 1.97. The van der Waals surface area contributed by atoms with Gasteiger partial charge in [-0.1, -0.05) is 23.5 Å². The second-order valence-corrected chi connectivity index (χ2v) is 6.48. The third-order valence-corrected chi connectivity index (χ3v) is 4.11. The van der Waals surface area contributed by atoms with Crippen molar-refractivity contribution in [2.75, 3.05) is 0 Å². The number of rotatable bonds is 4. The molecule has 0 aliphatic heterocycles. The first-order valence-electron chi connectivity index (χ1n) is 7.02. The Hall–Kier alpha value is -2.64. The van der Waals surface area contributed by atoms with E-state index in [1.54, 1.807) is 23.5 Å². The maximum atomic E-state index is 10.9. The molecule has 6 nitrogen and oxygen atoms in total. The molecule has 0 bridgehead atoms. The summed E-state index contributed by atoms with van der Waals surface area (Å²) in [5, 5.41) is 13.8. The molecule has 0 saturated heterocycles. The fourth-order valence-electron chi connectivity index (χ4n) is 2.26. The van der Waals surface area contributed by atoms with Crippen LogP contribution < -0.4 is 5.32 Å². The summed E-state index contributed by atoms with van der Waals surface area (Å²) >= 11 is 1.60. The van der Waals surface area contributed by atoms with Gasteiger partial charge in [0.15, 0.2) is 0 Å². The lowest BCUT2D eigenvalue weighted by Crippen LogP contribution is -2.71. The zero-order chi connectivity index (χ0) is 16.4. The van der Waals surface area contributed by atoms with Crippen LogP contribution in [-0.2, 0) is 0 Å². The van der Waals surface area contributed by atoms with Crippen LogP contribution in [0.25, 0.3) is 11.3 Å². The maximum Gasteiger partial charge on any atom is 0.289 e. The van der Waals surface area contributed by atoms with E-state index in [9.17, 15) is 10.1 Å². The Morgan fingerprint density at radius 3 is 2.74 bits per heavy atom. The van der Waals surface area contributed by atoms with Gasteiger partial charge in [-0.05, 0) is 25.5 Å². The minimum Gasteiger partial charge on any atom is -0.258 e. The number of pyridine rings is 1. The summed E-state index contributed by atoms with van der Waals surface area (Å²) in [5.74, 6) is 0.792. The molecule has 0 spiro atoms. The van der Waals surface area contributed by atoms with Gasteiger partial charge in [0.05, 0.1) is 10.6 Å². The van der Waals surface area contributed by atoms with E-state index >= 15 is 0 Å². The van der Waals surface area contributed by atoms with E-state index in [0.29, 0.717) is 5.69 Å². The fourth-order valence-corrected chi connectivity index (χ4v) is 2.98. The first-order valence-corrected chi connectivity index (χ1v) is 7.83. The van der Waals surface area contributed by atoms with Crippen LogP contribution in [0.15, 0.2) is 42.6 Å². The monoisotopic (exact) mass is 327 g/mol. The van der Waals surface area contributed by atoms with Crippen molar-refractivity contribution in [3.8, 4) is 11.3 Å². The van der Waals surface area contributed by atoms with Gasteiger partial charge in [0.25, 0.3) is 10.8 Å². The first kappa shape index (κ1) is 15.3. The molecule has 0 aliphatic rings. The topological polar surface area (TPSA) is 85.5 Å². The lowest BCUT2D eigenvalue weighted by atomic mass is 10.1. The van der Waals surface area contributed by atoms with Crippen molar-refractivity contribution < 1.29 is 10.2 Å². The highest BCUT2D eigenvalue weighted by molar-refractivity contribution is 7.14. The minimum absolute atomic E-state index is 0.0619. The highest BCUT2D eigenvalue weighted by Crippen LogP contribution is 2.24. The Bertz CT molecular complexity index is 876. The second kappa shape index (κ2) is 6.23. The molecular formula is C16H15N4O2S+. The Labute approximate surface area is 137 Å². The summed E-state index contributed by atoms with van der Waals surface area (Å²) in [6, 6.07) is 10.4. The van der Waals surface area contributed by atoms with E-state index in [0.717, 1.165) is 27.0 Å². The normalized spacial score (nSPS) is 10.7. The predicted molar refractivity (Wildman–Crippen MR) is 89.2 cm³/mol. The molecule has 0 saturated carbocycles. The SMILES string of the molecule is Cc1cc([NH2+]c2ncc(C)s2)nc(-c2cccc([N+](=O)[O-])c2)c1. The Kier molecular flexibility index (Phi) is 4.14. The molecule has 1 aromatic carbocycles. The minimum atomic E-state index is -0.398. The molecule has 0 unspecified atom stereocenters. The maximum absolute atomic E-state index is 10.9. The zero-order valence-corrected chi connectivity index (χ0v) is 13.5. The van der Waals surface area contributed by atoms with Gasteiger partial charge in [-0.2, -0.15) is 9.97 Å². The van der Waals surface area contributed by atoms with E-state index in [2.05, 4.69) is 9.97 Å². The first-order chi connectivity index (χ1) is 11.0. The summed E-state index contributed by atoms with van der Waals surface area (Å²) in [5.41, 5.74) is 2.55. The predicted octanol–water partition coefficient (Wildman–Crippen LogP) is 3.26. The van der Waals surface area contributed by atoms with Crippen LogP contribution in [0.1, 0.15) is 10.4 Å². The van der Waals surface area contributed by atoms with E-state index in [-0.39, 0.29) is 5.69 Å². The zero-order valence-electron chi connectivity index (χ0n) is 12.7. The van der Waals surface area contributed by atoms with Gasteiger partial charge in [0, 0.05) is 34.8 Å². The standard InChI is InChI=1S/C16H14N4O2S/c1-10-6-14(12-4-3-5-13(8-12)20(21)22)18-15(7-10)19-16-17-9-11(2)23-16/h3-9H,1-2H3,(H,17,18,19)/p+1. The van der Waals surface area contributed by atoms with Gasteiger partial charge in [-0.25, -0.2) is 5.32 Å². The molecule has 0 amide bonds. The number of benzene rings is 1. The van der Waals surface area contributed by atoms with Crippen LogP contribution >= 0.6 is 11.3 Å². The molecule has 7 heteroatoms. The summed E-state index contributed by atoms with van der Waals surface area (Å²) in [6.45, 7) is 3.99. The van der Waals surface area contributed by atoms with Gasteiger partial charge < -0.3 is 0 Å². The molecule has 0 atom stereocenters. The lowest BCUT2D eigenvalue weighted by molar-refractivity contribution is -0.482. The largest absolute Gasteiger partial charge is 0.289 e. The molecule has 2 aromatic heterocycles. The highest BCUT2D eigenvalue weighted by atomic mass is 32.1. The molecule has 0 aliphatic carbocycles. The summed E-state index contributed by atoms with van der Waals surface area (Å²) in [4.78, 5) is 20.6. The smallest absolute Gasteiger partial charge is 0.258 e. The van der Waals surface area contributed by atoms with E-state index < -0.39 is 4.92 Å². The van der Waals surface area contributed by atoms with Crippen molar-refractivity contribution in [1.82, 2.24) is 9.97 Å². The number of nitrogens with two attached hydrogens (primary N) is 1. The third-order valence-electron chi connectivity index (χ3n) is 3.25. The van der Waals surface area contributed by atoms with Crippen molar-refractivity contribution in [3.05, 3.63) is 63.1 Å². The number of nitrogens with zero attached hydrogens (tertiary/aromatic N) is 3. The molecule has 0 fully saturated rings. The number of non-ortho nitro benzene ring substituents is 1. The number of quaternary nitrogens is 1. The number of hydrogen-bond donors (Lipinski definition) is 1. The van der Waals surface area contributed by atoms with Crippen LogP contribution in [0, 0.1) is 24.0 Å². The Morgan fingerprint density at radius 2 is 2.04 bits per heavy atom. The average Bonchev–Trinajstić information content (AvgIpc) is 2.92. The van der Waals surface area contributed by atoms with Crippen LogP contribution in [0.2, 0.25) is 0 Å². The molecule has 2 heterocycles. The lowest BCUT2D eigenvalue weighted by Gasteiger charge is -2.04. The number of hydrogen-bond acceptors (Lipinski definition) is 5. The van der Waals surface area contributed by atoms with Crippen LogP contribution in [-0.4, -0.2) is 14.9 Å². The average molecular weight is 327 g/mol. The molecule has 23 heavy (non-hydrogen) atoms. The Morgan fingerprint density at radius 1 is 1.22 bits per heavy atom. The second-order valence-electron chi connectivity index (χ2n) is 5.22. The number of aromatic nitrogens is 2. The quantitative estimate of drug-likeness (QED) is 0.589. The van der Waals surface area contributed by atoms with Crippen LogP contribution in [0.5, 0.6) is 0 Å². The summed E-state index contributed by atoms with van der Waals surface area (Å²) in [6.07, 6.45) is 1.83. The fraction of sp³-hybridized carbons (Fsp3) is 0.125. The highest BCUT2D eigenvalue weighted by Gasteiger charge is 2.12. The van der Waals surface area contributed by atoms with Crippen molar-refractivity contribution in [2.45, 2.75) is 13.8 Å². The van der Waals surface area contributed by atoms with Gasteiger partial charge in [0.2, 0.25) is 5.82 Å².